The van der Waals surface area contributed by atoms with Crippen molar-refractivity contribution in [1.29, 1.82) is 0 Å². The first kappa shape index (κ1) is 15.2. The second-order valence-electron chi connectivity index (χ2n) is 5.42. The lowest BCUT2D eigenvalue weighted by molar-refractivity contribution is 0.0784. The molecule has 102 valence electrons. The molecule has 2 nitrogen and oxygen atoms in total. The average molecular weight is 249 g/mol. The Balaban J connectivity index is 2.61. The average Bonchev–Trinajstić information content (AvgIpc) is 2.38. The number of hydrogen-bond donors (Lipinski definition) is 1. The molecule has 0 fully saturated rings. The zero-order valence-corrected chi connectivity index (χ0v) is 12.1. The van der Waals surface area contributed by atoms with E-state index in [0.29, 0.717) is 6.04 Å². The van der Waals surface area contributed by atoms with Gasteiger partial charge >= 0.3 is 0 Å². The molecule has 1 aromatic rings. The maximum atomic E-state index is 10.4. The first-order valence-electron chi connectivity index (χ1n) is 7.03. The highest BCUT2D eigenvalue weighted by Gasteiger charge is 2.20. The van der Waals surface area contributed by atoms with Crippen LogP contribution in [0.2, 0.25) is 0 Å². The van der Waals surface area contributed by atoms with Crippen molar-refractivity contribution in [3.63, 3.8) is 0 Å². The molecule has 2 heteroatoms. The van der Waals surface area contributed by atoms with E-state index in [1.807, 2.05) is 30.3 Å². The van der Waals surface area contributed by atoms with Gasteiger partial charge in [0.05, 0.1) is 6.10 Å². The second-order valence-corrected chi connectivity index (χ2v) is 5.42. The molecule has 0 saturated heterocycles. The van der Waals surface area contributed by atoms with Gasteiger partial charge in [-0.2, -0.15) is 0 Å². The maximum absolute atomic E-state index is 10.4. The fraction of sp³-hybridized carbons (Fsp3) is 0.625. The molecular weight excluding hydrogens is 222 g/mol. The van der Waals surface area contributed by atoms with Gasteiger partial charge in [-0.3, -0.25) is 0 Å². The van der Waals surface area contributed by atoms with Gasteiger partial charge in [0.25, 0.3) is 0 Å². The summed E-state index contributed by atoms with van der Waals surface area (Å²) in [5.41, 5.74) is 1.02. The largest absolute Gasteiger partial charge is 0.388 e. The van der Waals surface area contributed by atoms with Gasteiger partial charge in [-0.05, 0) is 38.3 Å². The van der Waals surface area contributed by atoms with Gasteiger partial charge in [-0.1, -0.05) is 44.2 Å². The molecule has 1 rings (SSSR count). The third-order valence-corrected chi connectivity index (χ3v) is 3.44. The summed E-state index contributed by atoms with van der Waals surface area (Å²) in [6, 6.07) is 10.5. The molecule has 0 aromatic heterocycles. The number of hydrogen-bond acceptors (Lipinski definition) is 2. The van der Waals surface area contributed by atoms with Crippen molar-refractivity contribution < 1.29 is 5.11 Å². The van der Waals surface area contributed by atoms with Gasteiger partial charge in [0, 0.05) is 12.6 Å². The molecule has 0 spiro atoms. The van der Waals surface area contributed by atoms with E-state index in [4.69, 9.17) is 0 Å². The van der Waals surface area contributed by atoms with E-state index < -0.39 is 0 Å². The lowest BCUT2D eigenvalue weighted by atomic mass is 9.96. The van der Waals surface area contributed by atoms with Gasteiger partial charge < -0.3 is 10.0 Å². The predicted molar refractivity (Wildman–Crippen MR) is 77.6 cm³/mol. The number of aliphatic hydroxyl groups excluding tert-OH is 1. The molecule has 0 aliphatic heterocycles. The molecule has 2 unspecified atom stereocenters. The van der Waals surface area contributed by atoms with Crippen molar-refractivity contribution >= 4 is 0 Å². The van der Waals surface area contributed by atoms with Crippen molar-refractivity contribution in [2.45, 2.75) is 46.3 Å². The molecule has 18 heavy (non-hydrogen) atoms. The zero-order chi connectivity index (χ0) is 13.5. The van der Waals surface area contributed by atoms with Crippen LogP contribution in [0.1, 0.15) is 45.8 Å². The van der Waals surface area contributed by atoms with Crippen LogP contribution >= 0.6 is 0 Å². The maximum Gasteiger partial charge on any atom is 0.0827 e. The molecule has 0 heterocycles. The van der Waals surface area contributed by atoms with E-state index in [-0.39, 0.29) is 12.0 Å². The van der Waals surface area contributed by atoms with E-state index in [1.165, 1.54) is 0 Å². The summed E-state index contributed by atoms with van der Waals surface area (Å²) in [6.07, 6.45) is 0.788. The smallest absolute Gasteiger partial charge is 0.0827 e. The van der Waals surface area contributed by atoms with Gasteiger partial charge in [0.1, 0.15) is 0 Å². The van der Waals surface area contributed by atoms with Crippen LogP contribution in [0.25, 0.3) is 0 Å². The minimum absolute atomic E-state index is 0.251. The van der Waals surface area contributed by atoms with Crippen molar-refractivity contribution in [3.05, 3.63) is 35.9 Å². The minimum atomic E-state index is -0.371. The third kappa shape index (κ3) is 4.43. The topological polar surface area (TPSA) is 23.5 Å². The van der Waals surface area contributed by atoms with Crippen LogP contribution in [-0.2, 0) is 0 Å². The van der Waals surface area contributed by atoms with Crippen LogP contribution in [0, 0.1) is 5.92 Å². The van der Waals surface area contributed by atoms with Crippen LogP contribution in [-0.4, -0.2) is 29.1 Å². The molecule has 0 saturated carbocycles. The van der Waals surface area contributed by atoms with E-state index >= 15 is 0 Å². The Bertz CT molecular complexity index is 323. The summed E-state index contributed by atoms with van der Waals surface area (Å²) < 4.78 is 0. The van der Waals surface area contributed by atoms with Crippen LogP contribution in [0.15, 0.2) is 30.3 Å². The molecule has 1 aromatic carbocycles. The van der Waals surface area contributed by atoms with Gasteiger partial charge in [-0.15, -0.1) is 0 Å². The van der Waals surface area contributed by atoms with E-state index in [0.717, 1.165) is 25.1 Å². The van der Waals surface area contributed by atoms with Gasteiger partial charge in [0.15, 0.2) is 0 Å². The molecule has 2 atom stereocenters. The lowest BCUT2D eigenvalue weighted by Gasteiger charge is -2.31. The SMILES string of the molecule is CCCN(CC(C)C(O)c1ccccc1)C(C)C. The summed E-state index contributed by atoms with van der Waals surface area (Å²) in [5.74, 6) is 0.251. The Kier molecular flexibility index (Phi) is 6.37. The first-order valence-corrected chi connectivity index (χ1v) is 7.03. The van der Waals surface area contributed by atoms with Crippen molar-refractivity contribution in [2.75, 3.05) is 13.1 Å². The predicted octanol–water partition coefficient (Wildman–Crippen LogP) is 3.48. The van der Waals surface area contributed by atoms with E-state index in [9.17, 15) is 5.11 Å². The number of nitrogens with zero attached hydrogens (tertiary/aromatic N) is 1. The number of aliphatic hydroxyl groups is 1. The Morgan fingerprint density at radius 1 is 1.11 bits per heavy atom. The summed E-state index contributed by atoms with van der Waals surface area (Å²) in [4.78, 5) is 2.44. The molecule has 1 N–H and O–H groups in total. The van der Waals surface area contributed by atoms with Crippen LogP contribution in [0.3, 0.4) is 0 Å². The lowest BCUT2D eigenvalue weighted by Crippen LogP contribution is -2.36. The van der Waals surface area contributed by atoms with E-state index in [1.54, 1.807) is 0 Å². The summed E-state index contributed by atoms with van der Waals surface area (Å²) in [7, 11) is 0. The third-order valence-electron chi connectivity index (χ3n) is 3.44. The molecule has 0 aliphatic carbocycles. The Labute approximate surface area is 112 Å². The Morgan fingerprint density at radius 3 is 2.22 bits per heavy atom. The quantitative estimate of drug-likeness (QED) is 0.799. The van der Waals surface area contributed by atoms with Crippen LogP contribution in [0.5, 0.6) is 0 Å². The van der Waals surface area contributed by atoms with Crippen molar-refractivity contribution in [1.82, 2.24) is 4.90 Å². The highest BCUT2D eigenvalue weighted by molar-refractivity contribution is 5.17. The van der Waals surface area contributed by atoms with Gasteiger partial charge in [0.2, 0.25) is 0 Å². The summed E-state index contributed by atoms with van der Waals surface area (Å²) >= 11 is 0. The fourth-order valence-corrected chi connectivity index (χ4v) is 2.30. The molecular formula is C16H27NO. The second kappa shape index (κ2) is 7.55. The molecule has 0 amide bonds. The summed E-state index contributed by atoms with van der Waals surface area (Å²) in [6.45, 7) is 10.8. The van der Waals surface area contributed by atoms with Crippen molar-refractivity contribution in [3.8, 4) is 0 Å². The fourth-order valence-electron chi connectivity index (χ4n) is 2.30. The standard InChI is InChI=1S/C16H27NO/c1-5-11-17(13(2)3)12-14(4)16(18)15-9-7-6-8-10-15/h6-10,13-14,16,18H,5,11-12H2,1-4H3. The number of benzene rings is 1. The molecule has 0 bridgehead atoms. The van der Waals surface area contributed by atoms with Crippen molar-refractivity contribution in [2.24, 2.45) is 5.92 Å². The molecule has 0 aliphatic rings. The highest BCUT2D eigenvalue weighted by atomic mass is 16.3. The van der Waals surface area contributed by atoms with Gasteiger partial charge in [-0.25, -0.2) is 0 Å². The minimum Gasteiger partial charge on any atom is -0.388 e. The Morgan fingerprint density at radius 2 is 1.72 bits per heavy atom. The Hall–Kier alpha value is -0.860. The monoisotopic (exact) mass is 249 g/mol. The molecule has 0 radical (unpaired) electrons. The normalized spacial score (nSPS) is 15.1. The highest BCUT2D eigenvalue weighted by Crippen LogP contribution is 2.22. The van der Waals surface area contributed by atoms with Crippen LogP contribution in [0.4, 0.5) is 0 Å². The first-order chi connectivity index (χ1) is 8.56. The number of rotatable bonds is 7. The van der Waals surface area contributed by atoms with E-state index in [2.05, 4.69) is 32.6 Å². The zero-order valence-electron chi connectivity index (χ0n) is 12.1. The summed E-state index contributed by atoms with van der Waals surface area (Å²) in [5, 5.41) is 10.4. The van der Waals surface area contributed by atoms with Crippen LogP contribution < -0.4 is 0 Å².